The number of hydrogen-bond donors (Lipinski definition) is 0. The van der Waals surface area contributed by atoms with Gasteiger partial charge in [-0.1, -0.05) is 41.0 Å². The number of benzene rings is 1. The summed E-state index contributed by atoms with van der Waals surface area (Å²) < 4.78 is 0. The number of hydrogen-bond acceptors (Lipinski definition) is 0. The van der Waals surface area contributed by atoms with Gasteiger partial charge in [-0.15, -0.1) is 0 Å². The van der Waals surface area contributed by atoms with Crippen LogP contribution in [0.15, 0.2) is 41.0 Å². The highest BCUT2D eigenvalue weighted by atomic mass is 14.2. The van der Waals surface area contributed by atoms with Crippen molar-refractivity contribution in [1.29, 1.82) is 0 Å². The van der Waals surface area contributed by atoms with E-state index in [9.17, 15) is 0 Å². The van der Waals surface area contributed by atoms with E-state index >= 15 is 0 Å². The highest BCUT2D eigenvalue weighted by Gasteiger charge is 2.17. The molecule has 0 N–H and O–H groups in total. The van der Waals surface area contributed by atoms with Gasteiger partial charge in [0.2, 0.25) is 0 Å². The molecular formula is C25H36. The molecule has 0 heterocycles. The molecule has 0 radical (unpaired) electrons. The van der Waals surface area contributed by atoms with Crippen LogP contribution in [0.3, 0.4) is 0 Å². The first-order chi connectivity index (χ1) is 11.5. The smallest absolute Gasteiger partial charge is 0.0121 e. The zero-order chi connectivity index (χ0) is 19.5. The normalized spacial score (nSPS) is 12.9. The lowest BCUT2D eigenvalue weighted by Crippen LogP contribution is -2.02. The summed E-state index contributed by atoms with van der Waals surface area (Å²) in [4.78, 5) is 0. The summed E-state index contributed by atoms with van der Waals surface area (Å²) in [5.74, 6) is 0. The zero-order valence-electron chi connectivity index (χ0n) is 18.1. The standard InChI is InChI=1S/C17H22.C8H14/c1-10-8-7-9-16(10)17-14(5)12(3)11(2)13(4)15(17)6;1-6(2)8(5)7(3)4/h7,9H,8H2,1-6H3;1H2,2-5H3. The average molecular weight is 337 g/mol. The minimum atomic E-state index is 1.11. The monoisotopic (exact) mass is 336 g/mol. The van der Waals surface area contributed by atoms with E-state index in [1.165, 1.54) is 61.2 Å². The molecule has 1 aliphatic carbocycles. The van der Waals surface area contributed by atoms with Crippen molar-refractivity contribution in [2.24, 2.45) is 0 Å². The zero-order valence-corrected chi connectivity index (χ0v) is 18.1. The van der Waals surface area contributed by atoms with Crippen LogP contribution >= 0.6 is 0 Å². The summed E-state index contributed by atoms with van der Waals surface area (Å²) in [5.41, 5.74) is 15.5. The highest BCUT2D eigenvalue weighted by Crippen LogP contribution is 2.36. The molecule has 136 valence electrons. The van der Waals surface area contributed by atoms with Gasteiger partial charge in [0.15, 0.2) is 0 Å². The van der Waals surface area contributed by atoms with Crippen LogP contribution in [0.1, 0.15) is 74.4 Å². The SMILES string of the molecule is C=C(C)C(C)=C(C)C.CC1=C(c2c(C)c(C)c(C)c(C)c2C)C=CC1. The maximum absolute atomic E-state index is 3.82. The van der Waals surface area contributed by atoms with Gasteiger partial charge in [-0.3, -0.25) is 0 Å². The lowest BCUT2D eigenvalue weighted by atomic mass is 9.85. The first-order valence-electron chi connectivity index (χ1n) is 9.24. The second-order valence-electron chi connectivity index (χ2n) is 7.71. The maximum Gasteiger partial charge on any atom is -0.0121 e. The van der Waals surface area contributed by atoms with Gasteiger partial charge in [0.05, 0.1) is 0 Å². The van der Waals surface area contributed by atoms with Crippen LogP contribution in [0.5, 0.6) is 0 Å². The van der Waals surface area contributed by atoms with Crippen molar-refractivity contribution in [1.82, 2.24) is 0 Å². The van der Waals surface area contributed by atoms with Crippen LogP contribution in [0.25, 0.3) is 5.57 Å². The van der Waals surface area contributed by atoms with Gasteiger partial charge < -0.3 is 0 Å². The van der Waals surface area contributed by atoms with Crippen LogP contribution in [-0.2, 0) is 0 Å². The van der Waals surface area contributed by atoms with E-state index in [2.05, 4.69) is 81.0 Å². The van der Waals surface area contributed by atoms with Crippen molar-refractivity contribution in [3.8, 4) is 0 Å². The molecule has 1 aromatic carbocycles. The van der Waals surface area contributed by atoms with E-state index in [1.54, 1.807) is 0 Å². The Morgan fingerprint density at radius 1 is 0.760 bits per heavy atom. The Morgan fingerprint density at radius 2 is 1.20 bits per heavy atom. The van der Waals surface area contributed by atoms with E-state index in [1.807, 2.05) is 6.92 Å². The molecule has 1 aliphatic rings. The summed E-state index contributed by atoms with van der Waals surface area (Å²) in [6, 6.07) is 0. The summed E-state index contributed by atoms with van der Waals surface area (Å²) in [7, 11) is 0. The maximum atomic E-state index is 3.82. The Kier molecular flexibility index (Phi) is 7.23. The van der Waals surface area contributed by atoms with E-state index in [4.69, 9.17) is 0 Å². The van der Waals surface area contributed by atoms with Gasteiger partial charge in [-0.2, -0.15) is 0 Å². The minimum Gasteiger partial charge on any atom is -0.0959 e. The largest absolute Gasteiger partial charge is 0.0959 e. The van der Waals surface area contributed by atoms with E-state index in [0.29, 0.717) is 0 Å². The van der Waals surface area contributed by atoms with Gasteiger partial charge in [-0.05, 0) is 115 Å². The molecule has 0 spiro atoms. The predicted molar refractivity (Wildman–Crippen MR) is 115 cm³/mol. The van der Waals surface area contributed by atoms with Gasteiger partial charge in [0.1, 0.15) is 0 Å². The summed E-state index contributed by atoms with van der Waals surface area (Å²) >= 11 is 0. The Hall–Kier alpha value is -1.82. The molecule has 0 heteroatoms. The van der Waals surface area contributed by atoms with Crippen LogP contribution in [-0.4, -0.2) is 0 Å². The van der Waals surface area contributed by atoms with Crippen molar-refractivity contribution in [3.63, 3.8) is 0 Å². The Bertz CT molecular complexity index is 744. The van der Waals surface area contributed by atoms with Crippen LogP contribution in [0.2, 0.25) is 0 Å². The van der Waals surface area contributed by atoms with Gasteiger partial charge >= 0.3 is 0 Å². The topological polar surface area (TPSA) is 0 Å². The minimum absolute atomic E-state index is 1.11. The predicted octanol–water partition coefficient (Wildman–Crippen LogP) is 7.88. The van der Waals surface area contributed by atoms with Crippen LogP contribution < -0.4 is 0 Å². The third kappa shape index (κ3) is 4.63. The van der Waals surface area contributed by atoms with Crippen LogP contribution in [0, 0.1) is 34.6 Å². The molecule has 0 amide bonds. The molecular weight excluding hydrogens is 300 g/mol. The second-order valence-corrected chi connectivity index (χ2v) is 7.71. The molecule has 0 bridgehead atoms. The Labute approximate surface area is 156 Å². The van der Waals surface area contributed by atoms with Crippen LogP contribution in [0.4, 0.5) is 0 Å². The Balaban J connectivity index is 0.000000333. The average Bonchev–Trinajstić information content (AvgIpc) is 2.97. The number of rotatable bonds is 2. The molecule has 2 rings (SSSR count). The van der Waals surface area contributed by atoms with E-state index in [0.717, 1.165) is 6.42 Å². The van der Waals surface area contributed by atoms with Crippen molar-refractivity contribution in [3.05, 3.63) is 74.4 Å². The third-order valence-corrected chi connectivity index (χ3v) is 5.83. The van der Waals surface area contributed by atoms with Crippen molar-refractivity contribution in [2.45, 2.75) is 75.7 Å². The van der Waals surface area contributed by atoms with E-state index in [-0.39, 0.29) is 0 Å². The second kappa shape index (κ2) is 8.52. The summed E-state index contributed by atoms with van der Waals surface area (Å²) in [5, 5.41) is 0. The lowest BCUT2D eigenvalue weighted by molar-refractivity contribution is 1.15. The quantitative estimate of drug-likeness (QED) is 0.482. The fraction of sp³-hybridized carbons (Fsp3) is 0.440. The molecule has 0 unspecified atom stereocenters. The molecule has 0 atom stereocenters. The van der Waals surface area contributed by atoms with Gasteiger partial charge in [0, 0.05) is 0 Å². The molecule has 0 fully saturated rings. The third-order valence-electron chi connectivity index (χ3n) is 5.83. The Morgan fingerprint density at radius 3 is 1.48 bits per heavy atom. The van der Waals surface area contributed by atoms with Gasteiger partial charge in [-0.25, -0.2) is 0 Å². The highest BCUT2D eigenvalue weighted by molar-refractivity contribution is 5.83. The first kappa shape index (κ1) is 21.2. The molecule has 0 aliphatic heterocycles. The van der Waals surface area contributed by atoms with Crippen molar-refractivity contribution < 1.29 is 0 Å². The number of allylic oxidation sites excluding steroid dienone is 7. The molecule has 0 aromatic heterocycles. The first-order valence-corrected chi connectivity index (χ1v) is 9.24. The molecule has 25 heavy (non-hydrogen) atoms. The fourth-order valence-electron chi connectivity index (χ4n) is 3.23. The lowest BCUT2D eigenvalue weighted by Gasteiger charge is -2.19. The molecule has 0 saturated carbocycles. The molecule has 1 aromatic rings. The summed E-state index contributed by atoms with van der Waals surface area (Å²) in [6.45, 7) is 25.6. The molecule has 0 saturated heterocycles. The summed E-state index contributed by atoms with van der Waals surface area (Å²) in [6.07, 6.45) is 5.67. The molecule has 0 nitrogen and oxygen atoms in total. The van der Waals surface area contributed by atoms with Gasteiger partial charge in [0.25, 0.3) is 0 Å². The van der Waals surface area contributed by atoms with E-state index < -0.39 is 0 Å². The van der Waals surface area contributed by atoms with Crippen molar-refractivity contribution >= 4 is 5.57 Å². The van der Waals surface area contributed by atoms with Crippen molar-refractivity contribution in [2.75, 3.05) is 0 Å². The fourth-order valence-corrected chi connectivity index (χ4v) is 3.23.